The molecule has 1 saturated carbocycles. The van der Waals surface area contributed by atoms with Crippen molar-refractivity contribution in [3.8, 4) is 0 Å². The summed E-state index contributed by atoms with van der Waals surface area (Å²) < 4.78 is 0. The molecule has 0 bridgehead atoms. The van der Waals surface area contributed by atoms with Gasteiger partial charge in [-0.15, -0.1) is 0 Å². The van der Waals surface area contributed by atoms with Gasteiger partial charge < -0.3 is 5.32 Å². The van der Waals surface area contributed by atoms with Gasteiger partial charge in [-0.2, -0.15) is 0 Å². The summed E-state index contributed by atoms with van der Waals surface area (Å²) in [4.78, 5) is 0. The van der Waals surface area contributed by atoms with Crippen molar-refractivity contribution in [2.75, 3.05) is 6.54 Å². The van der Waals surface area contributed by atoms with Crippen LogP contribution < -0.4 is 5.32 Å². The maximum Gasteiger partial charge on any atom is 0.0437 e. The van der Waals surface area contributed by atoms with E-state index in [-0.39, 0.29) is 0 Å². The molecule has 74 valence electrons. The Morgan fingerprint density at radius 1 is 1.07 bits per heavy atom. The Balaban J connectivity index is 2.10. The zero-order valence-corrected chi connectivity index (χ0v) is 8.55. The van der Waals surface area contributed by atoms with Gasteiger partial charge in [0.1, 0.15) is 0 Å². The second-order valence-electron chi connectivity index (χ2n) is 4.62. The minimum atomic E-state index is 0.356. The van der Waals surface area contributed by atoms with E-state index in [9.17, 15) is 0 Å². The van der Waals surface area contributed by atoms with Crippen LogP contribution in [0.5, 0.6) is 0 Å². The molecular weight excluding hydrogens is 170 g/mol. The third-order valence-electron chi connectivity index (χ3n) is 3.85. The normalized spacial score (nSPS) is 23.7. The summed E-state index contributed by atoms with van der Waals surface area (Å²) in [7, 11) is 0. The first-order valence-corrected chi connectivity index (χ1v) is 5.74. The monoisotopic (exact) mass is 187 g/mol. The molecule has 1 aliphatic carbocycles. The summed E-state index contributed by atoms with van der Waals surface area (Å²) in [6.45, 7) is 1.16. The second kappa shape index (κ2) is 3.09. The maximum atomic E-state index is 3.75. The van der Waals surface area contributed by atoms with Crippen LogP contribution in [0.2, 0.25) is 0 Å². The Kier molecular flexibility index (Phi) is 1.88. The van der Waals surface area contributed by atoms with Crippen molar-refractivity contribution in [2.24, 2.45) is 0 Å². The van der Waals surface area contributed by atoms with E-state index < -0.39 is 0 Å². The molecule has 1 aromatic carbocycles. The molecule has 1 aliphatic heterocycles. The number of fused-ring (bicyclic) bond motifs is 2. The molecule has 0 saturated heterocycles. The molecule has 0 radical (unpaired) electrons. The largest absolute Gasteiger partial charge is 0.307 e. The van der Waals surface area contributed by atoms with Gasteiger partial charge in [0, 0.05) is 12.1 Å². The molecule has 3 rings (SSSR count). The SMILES string of the molecule is c1ccc2c(c1)CCNC21CCCC1. The zero-order chi connectivity index (χ0) is 9.43. The van der Waals surface area contributed by atoms with E-state index >= 15 is 0 Å². The molecule has 1 fully saturated rings. The van der Waals surface area contributed by atoms with E-state index in [1.54, 1.807) is 11.1 Å². The van der Waals surface area contributed by atoms with Crippen molar-refractivity contribution >= 4 is 0 Å². The molecule has 2 aliphatic rings. The topological polar surface area (TPSA) is 12.0 Å². The van der Waals surface area contributed by atoms with Gasteiger partial charge in [-0.1, -0.05) is 37.1 Å². The van der Waals surface area contributed by atoms with Gasteiger partial charge in [0.2, 0.25) is 0 Å². The van der Waals surface area contributed by atoms with E-state index in [0.29, 0.717) is 5.54 Å². The predicted octanol–water partition coefficient (Wildman–Crippen LogP) is 2.60. The van der Waals surface area contributed by atoms with E-state index in [1.165, 1.54) is 32.1 Å². The molecule has 0 unspecified atom stereocenters. The first-order valence-electron chi connectivity index (χ1n) is 5.74. The van der Waals surface area contributed by atoms with Gasteiger partial charge in [-0.3, -0.25) is 0 Å². The highest BCUT2D eigenvalue weighted by Crippen LogP contribution is 2.41. The fourth-order valence-electron chi connectivity index (χ4n) is 3.16. The lowest BCUT2D eigenvalue weighted by Crippen LogP contribution is -2.45. The highest BCUT2D eigenvalue weighted by molar-refractivity contribution is 5.37. The Morgan fingerprint density at radius 3 is 2.71 bits per heavy atom. The molecule has 0 aromatic heterocycles. The third kappa shape index (κ3) is 1.12. The van der Waals surface area contributed by atoms with Crippen molar-refractivity contribution in [2.45, 2.75) is 37.6 Å². The molecular formula is C13H17N. The molecule has 1 nitrogen and oxygen atoms in total. The highest BCUT2D eigenvalue weighted by atomic mass is 15.0. The third-order valence-corrected chi connectivity index (χ3v) is 3.85. The lowest BCUT2D eigenvalue weighted by atomic mass is 9.81. The van der Waals surface area contributed by atoms with Crippen LogP contribution in [0.4, 0.5) is 0 Å². The number of rotatable bonds is 0. The molecule has 1 aromatic rings. The summed E-state index contributed by atoms with van der Waals surface area (Å²) in [5.41, 5.74) is 3.52. The Morgan fingerprint density at radius 2 is 1.86 bits per heavy atom. The van der Waals surface area contributed by atoms with Crippen LogP contribution in [-0.2, 0) is 12.0 Å². The van der Waals surface area contributed by atoms with Crippen LogP contribution in [0.3, 0.4) is 0 Å². The summed E-state index contributed by atoms with van der Waals surface area (Å²) in [6.07, 6.45) is 6.66. The standard InChI is InChI=1S/C13H17N/c1-2-6-12-11(5-1)7-10-14-13(12)8-3-4-9-13/h1-2,5-6,14H,3-4,7-10H2. The fourth-order valence-corrected chi connectivity index (χ4v) is 3.16. The lowest BCUT2D eigenvalue weighted by Gasteiger charge is -2.37. The van der Waals surface area contributed by atoms with Gasteiger partial charge >= 0.3 is 0 Å². The van der Waals surface area contributed by atoms with Gasteiger partial charge in [0.25, 0.3) is 0 Å². The molecule has 1 spiro atoms. The van der Waals surface area contributed by atoms with Crippen LogP contribution in [0.25, 0.3) is 0 Å². The minimum Gasteiger partial charge on any atom is -0.307 e. The first-order chi connectivity index (χ1) is 6.91. The Bertz CT molecular complexity index is 337. The number of benzene rings is 1. The second-order valence-corrected chi connectivity index (χ2v) is 4.62. The van der Waals surface area contributed by atoms with Crippen LogP contribution in [0.1, 0.15) is 36.8 Å². The number of hydrogen-bond acceptors (Lipinski definition) is 1. The van der Waals surface area contributed by atoms with Gasteiger partial charge in [0.15, 0.2) is 0 Å². The summed E-state index contributed by atoms with van der Waals surface area (Å²) in [5, 5.41) is 3.75. The van der Waals surface area contributed by atoms with Crippen molar-refractivity contribution in [3.63, 3.8) is 0 Å². The quantitative estimate of drug-likeness (QED) is 0.658. The highest BCUT2D eigenvalue weighted by Gasteiger charge is 2.38. The van der Waals surface area contributed by atoms with E-state index in [2.05, 4.69) is 29.6 Å². The van der Waals surface area contributed by atoms with Crippen LogP contribution in [-0.4, -0.2) is 6.54 Å². The van der Waals surface area contributed by atoms with E-state index in [4.69, 9.17) is 0 Å². The minimum absolute atomic E-state index is 0.356. The van der Waals surface area contributed by atoms with Crippen molar-refractivity contribution in [3.05, 3.63) is 35.4 Å². The Labute approximate surface area is 85.5 Å². The fraction of sp³-hybridized carbons (Fsp3) is 0.538. The predicted molar refractivity (Wildman–Crippen MR) is 58.3 cm³/mol. The molecule has 14 heavy (non-hydrogen) atoms. The van der Waals surface area contributed by atoms with Gasteiger partial charge in [-0.05, 0) is 30.4 Å². The molecule has 1 N–H and O–H groups in total. The van der Waals surface area contributed by atoms with Crippen molar-refractivity contribution in [1.29, 1.82) is 0 Å². The molecule has 0 amide bonds. The summed E-state index contributed by atoms with van der Waals surface area (Å²) in [5.74, 6) is 0. The van der Waals surface area contributed by atoms with Crippen LogP contribution in [0.15, 0.2) is 24.3 Å². The Hall–Kier alpha value is -0.820. The van der Waals surface area contributed by atoms with Crippen molar-refractivity contribution in [1.82, 2.24) is 5.32 Å². The summed E-state index contributed by atoms with van der Waals surface area (Å²) in [6, 6.07) is 8.99. The zero-order valence-electron chi connectivity index (χ0n) is 8.55. The van der Waals surface area contributed by atoms with Crippen molar-refractivity contribution < 1.29 is 0 Å². The summed E-state index contributed by atoms with van der Waals surface area (Å²) >= 11 is 0. The van der Waals surface area contributed by atoms with Gasteiger partial charge in [0.05, 0.1) is 0 Å². The number of nitrogens with one attached hydrogen (secondary N) is 1. The van der Waals surface area contributed by atoms with E-state index in [0.717, 1.165) is 6.54 Å². The number of hydrogen-bond donors (Lipinski definition) is 1. The lowest BCUT2D eigenvalue weighted by molar-refractivity contribution is 0.324. The maximum absolute atomic E-state index is 3.75. The van der Waals surface area contributed by atoms with Crippen LogP contribution in [0, 0.1) is 0 Å². The van der Waals surface area contributed by atoms with Gasteiger partial charge in [-0.25, -0.2) is 0 Å². The molecule has 1 heteroatoms. The molecule has 1 heterocycles. The average molecular weight is 187 g/mol. The van der Waals surface area contributed by atoms with E-state index in [1.807, 2.05) is 0 Å². The smallest absolute Gasteiger partial charge is 0.0437 e. The van der Waals surface area contributed by atoms with Crippen LogP contribution >= 0.6 is 0 Å². The first kappa shape index (κ1) is 8.49. The average Bonchev–Trinajstić information content (AvgIpc) is 2.68. The molecule has 0 atom stereocenters.